The molecule has 0 atom stereocenters. The average Bonchev–Trinajstić information content (AvgIpc) is 2.74. The van der Waals surface area contributed by atoms with Gasteiger partial charge in [-0.3, -0.25) is 4.79 Å². The van der Waals surface area contributed by atoms with Crippen LogP contribution >= 0.6 is 11.3 Å². The van der Waals surface area contributed by atoms with Gasteiger partial charge in [0.05, 0.1) is 4.88 Å². The van der Waals surface area contributed by atoms with Crippen LogP contribution in [0.3, 0.4) is 0 Å². The van der Waals surface area contributed by atoms with Gasteiger partial charge in [-0.2, -0.15) is 0 Å². The normalized spacial score (nSPS) is 10.2. The van der Waals surface area contributed by atoms with Gasteiger partial charge < -0.3 is 5.73 Å². The number of rotatable bonds is 2. The Labute approximate surface area is 92.4 Å². The molecule has 15 heavy (non-hydrogen) atoms. The molecule has 2 rings (SSSR count). The van der Waals surface area contributed by atoms with Crippen LogP contribution in [0.1, 0.15) is 20.8 Å². The molecule has 0 radical (unpaired) electrons. The summed E-state index contributed by atoms with van der Waals surface area (Å²) in [6.45, 7) is 1.95. The first kappa shape index (κ1) is 9.93. The molecule has 2 nitrogen and oxygen atoms in total. The van der Waals surface area contributed by atoms with Crippen molar-refractivity contribution in [2.45, 2.75) is 6.92 Å². The zero-order valence-electron chi connectivity index (χ0n) is 8.36. The highest BCUT2D eigenvalue weighted by Gasteiger charge is 2.12. The van der Waals surface area contributed by atoms with Crippen molar-refractivity contribution in [1.29, 1.82) is 0 Å². The molecule has 0 aliphatic carbocycles. The Morgan fingerprint density at radius 1 is 1.33 bits per heavy atom. The molecule has 0 saturated heterocycles. The third-order valence-electron chi connectivity index (χ3n) is 2.20. The van der Waals surface area contributed by atoms with Crippen LogP contribution in [0.4, 0.5) is 5.69 Å². The lowest BCUT2D eigenvalue weighted by Gasteiger charge is -2.04. The van der Waals surface area contributed by atoms with E-state index in [0.29, 0.717) is 11.3 Å². The molecule has 0 fully saturated rings. The van der Waals surface area contributed by atoms with Crippen molar-refractivity contribution in [3.63, 3.8) is 0 Å². The molecule has 1 aromatic heterocycles. The van der Waals surface area contributed by atoms with Gasteiger partial charge >= 0.3 is 0 Å². The van der Waals surface area contributed by atoms with Crippen molar-refractivity contribution >= 4 is 22.8 Å². The van der Waals surface area contributed by atoms with E-state index < -0.39 is 0 Å². The number of aryl methyl sites for hydroxylation is 1. The van der Waals surface area contributed by atoms with Crippen LogP contribution in [-0.2, 0) is 0 Å². The molecule has 0 spiro atoms. The minimum atomic E-state index is 0.00574. The number of hydrogen-bond donors (Lipinski definition) is 1. The highest BCUT2D eigenvalue weighted by atomic mass is 32.1. The van der Waals surface area contributed by atoms with E-state index >= 15 is 0 Å². The molecule has 1 aromatic carbocycles. The topological polar surface area (TPSA) is 43.1 Å². The van der Waals surface area contributed by atoms with E-state index in [1.807, 2.05) is 36.6 Å². The number of benzene rings is 1. The second-order valence-corrected chi connectivity index (χ2v) is 4.34. The van der Waals surface area contributed by atoms with E-state index in [1.54, 1.807) is 6.07 Å². The van der Waals surface area contributed by atoms with Crippen LogP contribution < -0.4 is 5.73 Å². The largest absolute Gasteiger partial charge is 0.398 e. The number of hydrogen-bond acceptors (Lipinski definition) is 3. The number of thiophene rings is 1. The summed E-state index contributed by atoms with van der Waals surface area (Å²) >= 11 is 1.44. The number of ketones is 1. The number of carbonyl (C=O) groups is 1. The average molecular weight is 217 g/mol. The van der Waals surface area contributed by atoms with Crippen molar-refractivity contribution in [2.24, 2.45) is 0 Å². The Hall–Kier alpha value is -1.61. The predicted molar refractivity (Wildman–Crippen MR) is 63.3 cm³/mol. The fraction of sp³-hybridized carbons (Fsp3) is 0.0833. The molecule has 0 aliphatic rings. The first-order chi connectivity index (χ1) is 7.18. The second-order valence-electron chi connectivity index (χ2n) is 3.40. The molecule has 1 heterocycles. The maximum absolute atomic E-state index is 12.0. The van der Waals surface area contributed by atoms with Crippen molar-refractivity contribution in [3.8, 4) is 0 Å². The molecular weight excluding hydrogens is 206 g/mol. The van der Waals surface area contributed by atoms with E-state index in [4.69, 9.17) is 5.73 Å². The second kappa shape index (κ2) is 3.87. The summed E-state index contributed by atoms with van der Waals surface area (Å²) in [5.41, 5.74) is 7.96. The first-order valence-corrected chi connectivity index (χ1v) is 5.51. The maximum Gasteiger partial charge on any atom is 0.205 e. The Morgan fingerprint density at radius 3 is 2.80 bits per heavy atom. The monoisotopic (exact) mass is 217 g/mol. The first-order valence-electron chi connectivity index (χ1n) is 4.63. The predicted octanol–water partition coefficient (Wildman–Crippen LogP) is 2.87. The zero-order chi connectivity index (χ0) is 10.8. The fourth-order valence-corrected chi connectivity index (χ4v) is 2.09. The van der Waals surface area contributed by atoms with Crippen LogP contribution in [0.5, 0.6) is 0 Å². The third-order valence-corrected chi connectivity index (χ3v) is 3.07. The van der Waals surface area contributed by atoms with Crippen LogP contribution in [0.25, 0.3) is 0 Å². The molecule has 0 amide bonds. The molecule has 2 N–H and O–H groups in total. The molecule has 2 aromatic rings. The Balaban J connectivity index is 2.46. The van der Waals surface area contributed by atoms with Crippen LogP contribution in [0.2, 0.25) is 0 Å². The molecule has 0 bridgehead atoms. The number of nitrogen functional groups attached to an aromatic ring is 1. The van der Waals surface area contributed by atoms with E-state index in [0.717, 1.165) is 10.4 Å². The Morgan fingerprint density at radius 2 is 2.13 bits per heavy atom. The van der Waals surface area contributed by atoms with Gasteiger partial charge in [0.1, 0.15) is 0 Å². The summed E-state index contributed by atoms with van der Waals surface area (Å²) in [4.78, 5) is 12.7. The maximum atomic E-state index is 12.0. The number of nitrogens with two attached hydrogens (primary N) is 1. The lowest BCUT2D eigenvalue weighted by Crippen LogP contribution is -2.03. The highest BCUT2D eigenvalue weighted by molar-refractivity contribution is 7.12. The van der Waals surface area contributed by atoms with Crippen LogP contribution in [0.15, 0.2) is 35.7 Å². The summed E-state index contributed by atoms with van der Waals surface area (Å²) in [6.07, 6.45) is 0. The molecule has 0 unspecified atom stereocenters. The highest BCUT2D eigenvalue weighted by Crippen LogP contribution is 2.20. The molecular formula is C12H11NOS. The number of anilines is 1. The lowest BCUT2D eigenvalue weighted by atomic mass is 10.0. The third kappa shape index (κ3) is 1.92. The SMILES string of the molecule is Cc1ccc(N)c(C(=O)c2cccs2)c1. The molecule has 3 heteroatoms. The Kier molecular flexibility index (Phi) is 2.56. The molecule has 0 aliphatic heterocycles. The van der Waals surface area contributed by atoms with Gasteiger partial charge in [-0.15, -0.1) is 11.3 Å². The van der Waals surface area contributed by atoms with Gasteiger partial charge in [-0.1, -0.05) is 17.7 Å². The zero-order valence-corrected chi connectivity index (χ0v) is 9.17. The fourth-order valence-electron chi connectivity index (χ4n) is 1.41. The van der Waals surface area contributed by atoms with E-state index in [-0.39, 0.29) is 5.78 Å². The Bertz CT molecular complexity index is 488. The van der Waals surface area contributed by atoms with E-state index in [2.05, 4.69) is 0 Å². The van der Waals surface area contributed by atoms with E-state index in [9.17, 15) is 4.79 Å². The summed E-state index contributed by atoms with van der Waals surface area (Å²) < 4.78 is 0. The van der Waals surface area contributed by atoms with Gasteiger partial charge in [-0.25, -0.2) is 0 Å². The standard InChI is InChI=1S/C12H11NOS/c1-8-4-5-10(13)9(7-8)12(14)11-3-2-6-15-11/h2-7H,13H2,1H3. The van der Waals surface area contributed by atoms with Crippen molar-refractivity contribution < 1.29 is 4.79 Å². The van der Waals surface area contributed by atoms with E-state index in [1.165, 1.54) is 11.3 Å². The smallest absolute Gasteiger partial charge is 0.205 e. The summed E-state index contributed by atoms with van der Waals surface area (Å²) in [5.74, 6) is 0.00574. The minimum absolute atomic E-state index is 0.00574. The molecule has 76 valence electrons. The molecule has 0 saturated carbocycles. The number of carbonyl (C=O) groups excluding carboxylic acids is 1. The van der Waals surface area contributed by atoms with Crippen molar-refractivity contribution in [2.75, 3.05) is 5.73 Å². The van der Waals surface area contributed by atoms with Crippen molar-refractivity contribution in [3.05, 3.63) is 51.7 Å². The summed E-state index contributed by atoms with van der Waals surface area (Å²) in [6, 6.07) is 9.19. The summed E-state index contributed by atoms with van der Waals surface area (Å²) in [5, 5.41) is 1.89. The summed E-state index contributed by atoms with van der Waals surface area (Å²) in [7, 11) is 0. The van der Waals surface area contributed by atoms with Gasteiger partial charge in [0.15, 0.2) is 0 Å². The van der Waals surface area contributed by atoms with Gasteiger partial charge in [0.2, 0.25) is 5.78 Å². The minimum Gasteiger partial charge on any atom is -0.398 e. The van der Waals surface area contributed by atoms with Gasteiger partial charge in [-0.05, 0) is 30.5 Å². The van der Waals surface area contributed by atoms with Gasteiger partial charge in [0, 0.05) is 11.3 Å². The van der Waals surface area contributed by atoms with Crippen molar-refractivity contribution in [1.82, 2.24) is 0 Å². The quantitative estimate of drug-likeness (QED) is 0.621. The van der Waals surface area contributed by atoms with Gasteiger partial charge in [0.25, 0.3) is 0 Å². The lowest BCUT2D eigenvalue weighted by molar-refractivity contribution is 0.104. The van der Waals surface area contributed by atoms with Crippen LogP contribution in [-0.4, -0.2) is 5.78 Å². The van der Waals surface area contributed by atoms with Crippen LogP contribution in [0, 0.1) is 6.92 Å².